The Hall–Kier alpha value is -8.47. The van der Waals surface area contributed by atoms with E-state index in [1.807, 2.05) is 0 Å². The van der Waals surface area contributed by atoms with Crippen molar-refractivity contribution in [3.8, 4) is 0 Å². The molecule has 0 aromatic heterocycles. The lowest BCUT2D eigenvalue weighted by Crippen LogP contribution is -2.26. The number of methoxy groups -OCH3 is 12. The molecule has 0 radical (unpaired) electrons. The van der Waals surface area contributed by atoms with Crippen LogP contribution in [0.5, 0.6) is 0 Å². The summed E-state index contributed by atoms with van der Waals surface area (Å²) in [6.45, 7) is 2.09. The maximum Gasteiger partial charge on any atom is 0.344 e. The van der Waals surface area contributed by atoms with Crippen molar-refractivity contribution in [1.29, 1.82) is 0 Å². The SMILES string of the molecule is CC(=O)O.CNC(=O)CO.CNC(=O)COC(=O)COC.CO.COC(=O)CCl.COC(=O)CO.COC(=O)COC(C)=O.COC(=O)COC(C)=O.COC(=O)COC(C)=O.COCC(=O)OC.COCC(=O)OC.COCC(=O)OCC(=O)OC. The number of amides is 2. The second kappa shape index (κ2) is 91.3. The van der Waals surface area contributed by atoms with Crippen LogP contribution < -0.4 is 10.6 Å². The Kier molecular flexibility index (Phi) is 112. The van der Waals surface area contributed by atoms with Crippen LogP contribution in [0.2, 0.25) is 0 Å². The van der Waals surface area contributed by atoms with Gasteiger partial charge in [0, 0.05) is 77.3 Å². The number of hydrogen-bond acceptors (Lipinski definition) is 36. The van der Waals surface area contributed by atoms with Crippen LogP contribution in [0.15, 0.2) is 0 Å². The number of carboxylic acid groups (broad SMARTS) is 1. The molecule has 0 aliphatic heterocycles. The van der Waals surface area contributed by atoms with Crippen molar-refractivity contribution >= 4 is 107 Å². The lowest BCUT2D eigenvalue weighted by atomic mass is 10.6. The summed E-state index contributed by atoms with van der Waals surface area (Å²) in [6.07, 6.45) is 0. The van der Waals surface area contributed by atoms with Gasteiger partial charge in [-0.05, 0) is 0 Å². The van der Waals surface area contributed by atoms with Crippen molar-refractivity contribution in [3.63, 3.8) is 0 Å². The standard InChI is InChI=1S/C6H11NO4.C6H10O5.3C5H8O4.2C4H8O3.C3H5ClO2.C3H7NO2.C3H6O3.C2H4O2.CH4O/c1-7-5(8)3-11-6(9)4-10-2;1-9-3-6(8)11-4-5(7)10-2;3*1-4(6)9-3-5(7)8-2;2*1-6-3-4(5)7-2;1-6-3(5)2-4;1-4-3(6)2-5;1-6-3(5)2-4;1-2(3)4;1-2/h3-4H2,1-2H3,(H,7,8);3-4H2,1-2H3;3*3H2,1-2H3;2*3H2,1-2H3;2H2,1H3;5H,2H2,1H3,(H,4,6);4H,2H2,1H3;1H3,(H,3,4);2H,1H3. The van der Waals surface area contributed by atoms with E-state index < -0.39 is 84.8 Å². The molecular weight excluding hydrogens is 1220 g/mol. The van der Waals surface area contributed by atoms with Crippen LogP contribution in [0.3, 0.4) is 0 Å². The van der Waals surface area contributed by atoms with E-state index in [-0.39, 0.29) is 89.1 Å². The molecule has 0 aromatic carbocycles. The van der Waals surface area contributed by atoms with E-state index in [1.54, 1.807) is 0 Å². The number of halogens is 1. The Labute approximate surface area is 507 Å². The van der Waals surface area contributed by atoms with E-state index in [2.05, 4.69) is 91.2 Å². The highest BCUT2D eigenvalue weighted by molar-refractivity contribution is 6.26. The van der Waals surface area contributed by atoms with Gasteiger partial charge in [0.1, 0.15) is 45.5 Å². The Bertz CT molecular complexity index is 1630. The van der Waals surface area contributed by atoms with E-state index in [4.69, 9.17) is 36.8 Å². The number of ether oxygens (including phenoxy) is 17. The number of aliphatic carboxylic acids is 1. The van der Waals surface area contributed by atoms with Gasteiger partial charge in [-0.1, -0.05) is 0 Å². The Morgan fingerprint density at radius 2 is 0.517 bits per heavy atom. The molecule has 0 atom stereocenters. The number of aliphatic hydroxyl groups is 3. The molecule has 0 bridgehead atoms. The largest absolute Gasteiger partial charge is 0.481 e. The molecule has 0 spiro atoms. The number of carbonyl (C=O) groups is 16. The minimum absolute atomic E-state index is 0.0382. The molecule has 87 heavy (non-hydrogen) atoms. The number of carboxylic acids is 1. The third-order valence-corrected chi connectivity index (χ3v) is 5.92. The Morgan fingerprint density at radius 1 is 0.310 bits per heavy atom. The number of esters is 13. The van der Waals surface area contributed by atoms with Gasteiger partial charge in [0.25, 0.3) is 11.9 Å². The molecule has 0 aliphatic carbocycles. The molecule has 0 saturated heterocycles. The maximum absolute atomic E-state index is 10.5. The van der Waals surface area contributed by atoms with Gasteiger partial charge in [-0.2, -0.15) is 0 Å². The van der Waals surface area contributed by atoms with Crippen LogP contribution in [-0.2, 0) is 157 Å². The van der Waals surface area contributed by atoms with Gasteiger partial charge in [-0.25, -0.2) is 43.2 Å². The van der Waals surface area contributed by atoms with Crippen LogP contribution in [0.4, 0.5) is 0 Å². The van der Waals surface area contributed by atoms with E-state index in [0.717, 1.165) is 14.0 Å². The van der Waals surface area contributed by atoms with Crippen LogP contribution >= 0.6 is 11.6 Å². The van der Waals surface area contributed by atoms with Gasteiger partial charge < -0.3 is 112 Å². The second-order valence-electron chi connectivity index (χ2n) is 12.3. The van der Waals surface area contributed by atoms with Gasteiger partial charge in [0.15, 0.2) is 33.0 Å². The number of nitrogens with one attached hydrogen (secondary N) is 2. The van der Waals surface area contributed by atoms with Gasteiger partial charge >= 0.3 is 77.6 Å². The van der Waals surface area contributed by atoms with Gasteiger partial charge in [0.2, 0.25) is 5.91 Å². The third kappa shape index (κ3) is 149. The van der Waals surface area contributed by atoms with Crippen LogP contribution in [0.25, 0.3) is 0 Å². The minimum Gasteiger partial charge on any atom is -0.481 e. The molecule has 2 amide bonds. The summed E-state index contributed by atoms with van der Waals surface area (Å²) in [5, 5.41) is 34.7. The molecule has 0 aromatic rings. The molecule has 0 aliphatic rings. The summed E-state index contributed by atoms with van der Waals surface area (Å²) in [6, 6.07) is 0. The Morgan fingerprint density at radius 3 is 0.644 bits per heavy atom. The van der Waals surface area contributed by atoms with E-state index in [1.165, 1.54) is 120 Å². The molecule has 514 valence electrons. The van der Waals surface area contributed by atoms with E-state index >= 15 is 0 Å². The topological polar surface area (TPSA) is 535 Å². The Balaban J connectivity index is -0.0000000715. The molecule has 0 saturated carbocycles. The number of hydrogen-bond donors (Lipinski definition) is 6. The normalized spacial score (nSPS) is 8.08. The molecule has 0 rings (SSSR count). The quantitative estimate of drug-likeness (QED) is 0.0356. The van der Waals surface area contributed by atoms with Gasteiger partial charge in [-0.3, -0.25) is 33.6 Å². The third-order valence-electron chi connectivity index (χ3n) is 5.70. The van der Waals surface area contributed by atoms with E-state index in [9.17, 15) is 71.9 Å². The molecule has 0 unspecified atom stereocenters. The van der Waals surface area contributed by atoms with Crippen molar-refractivity contribution in [2.45, 2.75) is 27.7 Å². The highest BCUT2D eigenvalue weighted by Gasteiger charge is 2.07. The fourth-order valence-corrected chi connectivity index (χ4v) is 2.05. The lowest BCUT2D eigenvalue weighted by molar-refractivity contribution is -0.159. The number of rotatable bonds is 21. The molecule has 40 heteroatoms. The summed E-state index contributed by atoms with van der Waals surface area (Å²) in [5.74, 6) is -8.09. The zero-order valence-corrected chi connectivity index (χ0v) is 52.9. The smallest absolute Gasteiger partial charge is 0.344 e. The van der Waals surface area contributed by atoms with Gasteiger partial charge in [-0.15, -0.1) is 11.6 Å². The average Bonchev–Trinajstić information content (AvgIpc) is 3.51. The number of aliphatic hydroxyl groups excluding tert-OH is 3. The zero-order chi connectivity index (χ0) is 71.2. The first-order valence-electron chi connectivity index (χ1n) is 22.7. The summed E-state index contributed by atoms with van der Waals surface area (Å²) in [7, 11) is 19.6. The van der Waals surface area contributed by atoms with Crippen LogP contribution in [0, 0.1) is 0 Å². The number of alkyl halides is 1. The maximum atomic E-state index is 10.5. The first-order valence-corrected chi connectivity index (χ1v) is 23.3. The highest BCUT2D eigenvalue weighted by Crippen LogP contribution is 1.83. The zero-order valence-electron chi connectivity index (χ0n) is 52.1. The predicted octanol–water partition coefficient (Wildman–Crippen LogP) is -4.98. The molecule has 39 nitrogen and oxygen atoms in total. The van der Waals surface area contributed by atoms with Crippen molar-refractivity contribution in [3.05, 3.63) is 0 Å². The molecular formula is C47H87ClN2O37. The van der Waals surface area contributed by atoms with Crippen LogP contribution in [0.1, 0.15) is 27.7 Å². The number of likely N-dealkylation sites (N-methyl/N-ethyl adjacent to an activating group) is 2. The minimum atomic E-state index is -0.833. The predicted molar refractivity (Wildman–Crippen MR) is 290 cm³/mol. The van der Waals surface area contributed by atoms with Crippen LogP contribution in [-0.4, -0.2) is 301 Å². The molecule has 0 heterocycles. The fraction of sp³-hybridized carbons (Fsp3) is 0.660. The summed E-state index contributed by atoms with van der Waals surface area (Å²) in [5.41, 5.74) is 0. The molecule has 0 fully saturated rings. The second-order valence-corrected chi connectivity index (χ2v) is 12.6. The van der Waals surface area contributed by atoms with Crippen molar-refractivity contribution in [2.75, 3.05) is 185 Å². The summed E-state index contributed by atoms with van der Waals surface area (Å²) < 4.78 is 72.8. The fourth-order valence-electron chi connectivity index (χ4n) is 1.95. The van der Waals surface area contributed by atoms with Gasteiger partial charge in [0.05, 0.1) is 56.9 Å². The highest BCUT2D eigenvalue weighted by atomic mass is 35.5. The first-order chi connectivity index (χ1) is 40.7. The van der Waals surface area contributed by atoms with Crippen molar-refractivity contribution < 1.29 is 178 Å². The monoisotopic (exact) mass is 1310 g/mol. The summed E-state index contributed by atoms with van der Waals surface area (Å²) >= 11 is 4.98. The average molecular weight is 1310 g/mol. The lowest BCUT2D eigenvalue weighted by Gasteiger charge is -2.01. The van der Waals surface area contributed by atoms with E-state index in [0.29, 0.717) is 0 Å². The van der Waals surface area contributed by atoms with Crippen molar-refractivity contribution in [2.24, 2.45) is 0 Å². The van der Waals surface area contributed by atoms with Crippen molar-refractivity contribution in [1.82, 2.24) is 10.6 Å². The number of carbonyl (C=O) groups excluding carboxylic acids is 15. The summed E-state index contributed by atoms with van der Waals surface area (Å²) in [4.78, 5) is 161. The molecule has 6 N–H and O–H groups in total. The first kappa shape index (κ1) is 107.